The van der Waals surface area contributed by atoms with E-state index in [1.807, 2.05) is 37.3 Å². The molecule has 1 aromatic heterocycles. The fourth-order valence-corrected chi connectivity index (χ4v) is 2.42. The van der Waals surface area contributed by atoms with Crippen molar-refractivity contribution in [3.05, 3.63) is 58.7 Å². The predicted octanol–water partition coefficient (Wildman–Crippen LogP) is 3.04. The third kappa shape index (κ3) is 6.08. The molecule has 0 unspecified atom stereocenters. The number of ether oxygens (including phenoxy) is 1. The number of benzene rings is 1. The van der Waals surface area contributed by atoms with E-state index in [-0.39, 0.29) is 0 Å². The number of guanidine groups is 1. The van der Waals surface area contributed by atoms with Gasteiger partial charge in [0, 0.05) is 37.4 Å². The van der Waals surface area contributed by atoms with E-state index in [4.69, 9.17) is 16.3 Å². The van der Waals surface area contributed by atoms with Crippen molar-refractivity contribution in [2.24, 2.45) is 4.99 Å². The lowest BCUT2D eigenvalue weighted by Crippen LogP contribution is -2.37. The van der Waals surface area contributed by atoms with E-state index in [1.165, 1.54) is 5.56 Å². The van der Waals surface area contributed by atoms with Crippen LogP contribution in [0.25, 0.3) is 0 Å². The largest absolute Gasteiger partial charge is 0.478 e. The van der Waals surface area contributed by atoms with Crippen LogP contribution < -0.4 is 15.4 Å². The topological polar surface area (TPSA) is 58.5 Å². The number of nitrogens with one attached hydrogen (secondary N) is 2. The number of nitrogens with zero attached hydrogens (tertiary/aromatic N) is 2. The van der Waals surface area contributed by atoms with Gasteiger partial charge in [0.1, 0.15) is 0 Å². The first-order valence-corrected chi connectivity index (χ1v) is 8.35. The first-order chi connectivity index (χ1) is 11.7. The molecule has 128 valence electrons. The molecule has 0 amide bonds. The van der Waals surface area contributed by atoms with E-state index < -0.39 is 0 Å². The van der Waals surface area contributed by atoms with E-state index in [0.717, 1.165) is 29.5 Å². The summed E-state index contributed by atoms with van der Waals surface area (Å²) in [7, 11) is 1.76. The van der Waals surface area contributed by atoms with Crippen LogP contribution >= 0.6 is 11.6 Å². The Hall–Kier alpha value is -2.27. The average molecular weight is 347 g/mol. The predicted molar refractivity (Wildman–Crippen MR) is 98.8 cm³/mol. The van der Waals surface area contributed by atoms with Crippen LogP contribution in [0.15, 0.2) is 47.6 Å². The van der Waals surface area contributed by atoms with Crippen molar-refractivity contribution in [3.63, 3.8) is 0 Å². The van der Waals surface area contributed by atoms with E-state index in [1.54, 1.807) is 13.2 Å². The maximum atomic E-state index is 5.99. The van der Waals surface area contributed by atoms with Crippen LogP contribution in [0.5, 0.6) is 5.88 Å². The lowest BCUT2D eigenvalue weighted by atomic mass is 10.1. The summed E-state index contributed by atoms with van der Waals surface area (Å²) in [4.78, 5) is 8.39. The normalized spacial score (nSPS) is 11.2. The van der Waals surface area contributed by atoms with Crippen molar-refractivity contribution in [1.82, 2.24) is 15.6 Å². The van der Waals surface area contributed by atoms with Crippen molar-refractivity contribution in [3.8, 4) is 5.88 Å². The summed E-state index contributed by atoms with van der Waals surface area (Å²) in [5.74, 6) is 1.40. The Bertz CT molecular complexity index is 676. The maximum Gasteiger partial charge on any atom is 0.213 e. The Kier molecular flexibility index (Phi) is 7.36. The number of hydrogen-bond donors (Lipinski definition) is 2. The molecule has 0 atom stereocenters. The maximum absolute atomic E-state index is 5.99. The third-order valence-corrected chi connectivity index (χ3v) is 3.61. The van der Waals surface area contributed by atoms with Gasteiger partial charge in [-0.1, -0.05) is 23.7 Å². The minimum absolute atomic E-state index is 0.608. The Morgan fingerprint density at radius 1 is 1.21 bits per heavy atom. The second-order valence-electron chi connectivity index (χ2n) is 5.17. The van der Waals surface area contributed by atoms with Crippen LogP contribution in [0.1, 0.15) is 18.1 Å². The van der Waals surface area contributed by atoms with Crippen molar-refractivity contribution in [2.45, 2.75) is 19.9 Å². The van der Waals surface area contributed by atoms with Crippen LogP contribution in [0, 0.1) is 0 Å². The summed E-state index contributed by atoms with van der Waals surface area (Å²) in [6.45, 7) is 3.98. The van der Waals surface area contributed by atoms with Crippen LogP contribution in [0.3, 0.4) is 0 Å². The second-order valence-corrected chi connectivity index (χ2v) is 5.60. The number of halogens is 1. The van der Waals surface area contributed by atoms with Gasteiger partial charge in [0.2, 0.25) is 5.88 Å². The SMILES string of the molecule is CCOc1cc(CNC(=NC)NCCc2cccc(Cl)c2)ccn1. The van der Waals surface area contributed by atoms with Crippen LogP contribution in [-0.2, 0) is 13.0 Å². The highest BCUT2D eigenvalue weighted by Crippen LogP contribution is 2.11. The van der Waals surface area contributed by atoms with Gasteiger partial charge in [-0.2, -0.15) is 0 Å². The molecule has 0 radical (unpaired) electrons. The van der Waals surface area contributed by atoms with Gasteiger partial charge in [-0.15, -0.1) is 0 Å². The first-order valence-electron chi connectivity index (χ1n) is 7.98. The van der Waals surface area contributed by atoms with Crippen LogP contribution in [-0.4, -0.2) is 31.1 Å². The van der Waals surface area contributed by atoms with Gasteiger partial charge in [0.15, 0.2) is 5.96 Å². The molecule has 2 rings (SSSR count). The molecule has 24 heavy (non-hydrogen) atoms. The summed E-state index contributed by atoms with van der Waals surface area (Å²) < 4.78 is 5.41. The Labute approximate surface area is 148 Å². The molecule has 0 saturated carbocycles. The lowest BCUT2D eigenvalue weighted by Gasteiger charge is -2.12. The van der Waals surface area contributed by atoms with Gasteiger partial charge in [-0.05, 0) is 42.7 Å². The summed E-state index contributed by atoms with van der Waals surface area (Å²) in [6.07, 6.45) is 2.63. The van der Waals surface area contributed by atoms with Gasteiger partial charge >= 0.3 is 0 Å². The molecule has 5 nitrogen and oxygen atoms in total. The average Bonchev–Trinajstić information content (AvgIpc) is 2.59. The smallest absolute Gasteiger partial charge is 0.213 e. The summed E-state index contributed by atoms with van der Waals surface area (Å²) in [5.41, 5.74) is 2.28. The second kappa shape index (κ2) is 9.78. The molecule has 0 saturated heterocycles. The van der Waals surface area contributed by atoms with Gasteiger partial charge in [-0.3, -0.25) is 4.99 Å². The molecular formula is C18H23ClN4O. The summed E-state index contributed by atoms with van der Waals surface area (Å²) in [5, 5.41) is 7.34. The van der Waals surface area contributed by atoms with Gasteiger partial charge in [0.05, 0.1) is 6.61 Å². The first kappa shape index (κ1) is 18.1. The zero-order chi connectivity index (χ0) is 17.2. The molecule has 0 bridgehead atoms. The minimum atomic E-state index is 0.608. The monoisotopic (exact) mass is 346 g/mol. The molecule has 0 aliphatic rings. The fourth-order valence-electron chi connectivity index (χ4n) is 2.21. The van der Waals surface area contributed by atoms with E-state index in [2.05, 4.69) is 26.7 Å². The third-order valence-electron chi connectivity index (χ3n) is 3.37. The van der Waals surface area contributed by atoms with Gasteiger partial charge in [0.25, 0.3) is 0 Å². The standard InChI is InChI=1S/C18H23ClN4O/c1-3-24-17-12-15(8-9-21-17)13-23-18(20-2)22-10-7-14-5-4-6-16(19)11-14/h4-6,8-9,11-12H,3,7,10,13H2,1-2H3,(H2,20,22,23). The number of rotatable bonds is 7. The number of aliphatic imine (C=N–C) groups is 1. The quantitative estimate of drug-likeness (QED) is 0.597. The molecule has 2 N–H and O–H groups in total. The van der Waals surface area contributed by atoms with Crippen molar-refractivity contribution < 1.29 is 4.74 Å². The summed E-state index contributed by atoms with van der Waals surface area (Å²) >= 11 is 5.99. The molecule has 1 heterocycles. The highest BCUT2D eigenvalue weighted by molar-refractivity contribution is 6.30. The van der Waals surface area contributed by atoms with Gasteiger partial charge < -0.3 is 15.4 Å². The van der Waals surface area contributed by atoms with Crippen molar-refractivity contribution >= 4 is 17.6 Å². The van der Waals surface area contributed by atoms with Crippen molar-refractivity contribution in [1.29, 1.82) is 0 Å². The molecular weight excluding hydrogens is 324 g/mol. The Morgan fingerprint density at radius 3 is 2.83 bits per heavy atom. The zero-order valence-corrected chi connectivity index (χ0v) is 14.8. The molecule has 0 aliphatic heterocycles. The molecule has 0 fully saturated rings. The summed E-state index contributed by atoms with van der Waals surface area (Å²) in [6, 6.07) is 11.8. The number of hydrogen-bond acceptors (Lipinski definition) is 3. The Balaban J connectivity index is 1.79. The number of pyridine rings is 1. The van der Waals surface area contributed by atoms with E-state index in [9.17, 15) is 0 Å². The Morgan fingerprint density at radius 2 is 2.08 bits per heavy atom. The molecule has 0 spiro atoms. The van der Waals surface area contributed by atoms with Crippen LogP contribution in [0.4, 0.5) is 0 Å². The molecule has 6 heteroatoms. The highest BCUT2D eigenvalue weighted by Gasteiger charge is 2.01. The molecule has 0 aliphatic carbocycles. The highest BCUT2D eigenvalue weighted by atomic mass is 35.5. The fraction of sp³-hybridized carbons (Fsp3) is 0.333. The lowest BCUT2D eigenvalue weighted by molar-refractivity contribution is 0.326. The zero-order valence-electron chi connectivity index (χ0n) is 14.1. The van der Waals surface area contributed by atoms with E-state index in [0.29, 0.717) is 19.0 Å². The van der Waals surface area contributed by atoms with Crippen molar-refractivity contribution in [2.75, 3.05) is 20.2 Å². The molecule has 2 aromatic rings. The minimum Gasteiger partial charge on any atom is -0.478 e. The molecule has 1 aromatic carbocycles. The van der Waals surface area contributed by atoms with E-state index >= 15 is 0 Å². The number of aromatic nitrogens is 1. The van der Waals surface area contributed by atoms with Crippen LogP contribution in [0.2, 0.25) is 5.02 Å². The van der Waals surface area contributed by atoms with Gasteiger partial charge in [-0.25, -0.2) is 4.98 Å².